The van der Waals surface area contributed by atoms with Crippen molar-refractivity contribution < 1.29 is 0 Å². The van der Waals surface area contributed by atoms with E-state index in [-0.39, 0.29) is 6.04 Å². The molecule has 0 aliphatic carbocycles. The van der Waals surface area contributed by atoms with Crippen molar-refractivity contribution >= 4 is 6.08 Å². The molecule has 0 saturated carbocycles. The minimum absolute atomic E-state index is 0.124. The van der Waals surface area contributed by atoms with E-state index >= 15 is 0 Å². The largest absolute Gasteiger partial charge is 0.329 e. The van der Waals surface area contributed by atoms with Gasteiger partial charge in [0.15, 0.2) is 0 Å². The van der Waals surface area contributed by atoms with Gasteiger partial charge >= 0.3 is 0 Å². The van der Waals surface area contributed by atoms with Gasteiger partial charge in [-0.3, -0.25) is 4.98 Å². The van der Waals surface area contributed by atoms with E-state index in [1.54, 1.807) is 18.5 Å². The van der Waals surface area contributed by atoms with E-state index in [9.17, 15) is 0 Å². The van der Waals surface area contributed by atoms with Gasteiger partial charge in [0.25, 0.3) is 0 Å². The quantitative estimate of drug-likeness (QED) is 0.688. The summed E-state index contributed by atoms with van der Waals surface area (Å²) < 4.78 is 0. The van der Waals surface area contributed by atoms with Crippen LogP contribution in [0.3, 0.4) is 0 Å². The predicted molar refractivity (Wildman–Crippen MR) is 50.3 cm³/mol. The number of pyridine rings is 1. The number of hydrogen-bond acceptors (Lipinski definition) is 3. The standard InChI is InChI=1S/C9H13N3/c1-2-7-6-12-4-3-8(7)9(11)5-10/h2-4,6,9H,1,5,10-11H2/t9-/m0/s1. The molecule has 0 fully saturated rings. The molecule has 0 saturated heterocycles. The molecule has 0 aliphatic rings. The Morgan fingerprint density at radius 1 is 1.67 bits per heavy atom. The van der Waals surface area contributed by atoms with Crippen LogP contribution in [0.5, 0.6) is 0 Å². The maximum absolute atomic E-state index is 5.77. The lowest BCUT2D eigenvalue weighted by atomic mass is 10.0. The van der Waals surface area contributed by atoms with Gasteiger partial charge in [-0.15, -0.1) is 0 Å². The second-order valence-corrected chi connectivity index (χ2v) is 2.55. The molecule has 1 atom stereocenters. The molecule has 4 N–H and O–H groups in total. The van der Waals surface area contributed by atoms with Crippen LogP contribution >= 0.6 is 0 Å². The lowest BCUT2D eigenvalue weighted by molar-refractivity contribution is 0.734. The SMILES string of the molecule is C=Cc1cnccc1[C@@H](N)CN. The monoisotopic (exact) mass is 163 g/mol. The zero-order valence-electron chi connectivity index (χ0n) is 6.90. The molecule has 1 rings (SSSR count). The fourth-order valence-electron chi connectivity index (χ4n) is 1.05. The summed E-state index contributed by atoms with van der Waals surface area (Å²) in [5.74, 6) is 0. The lowest BCUT2D eigenvalue weighted by Gasteiger charge is -2.11. The normalized spacial score (nSPS) is 12.5. The van der Waals surface area contributed by atoms with Crippen LogP contribution in [0.4, 0.5) is 0 Å². The molecule has 0 radical (unpaired) electrons. The summed E-state index contributed by atoms with van der Waals surface area (Å²) in [6.07, 6.45) is 5.17. The molecule has 0 unspecified atom stereocenters. The smallest absolute Gasteiger partial charge is 0.0426 e. The topological polar surface area (TPSA) is 64.9 Å². The van der Waals surface area contributed by atoms with Crippen molar-refractivity contribution in [3.05, 3.63) is 36.2 Å². The van der Waals surface area contributed by atoms with Gasteiger partial charge < -0.3 is 11.5 Å². The molecule has 0 aliphatic heterocycles. The van der Waals surface area contributed by atoms with Crippen LogP contribution in [-0.2, 0) is 0 Å². The van der Waals surface area contributed by atoms with E-state index in [0.29, 0.717) is 6.54 Å². The third-order valence-corrected chi connectivity index (χ3v) is 1.76. The zero-order chi connectivity index (χ0) is 8.97. The number of aromatic nitrogens is 1. The fraction of sp³-hybridized carbons (Fsp3) is 0.222. The van der Waals surface area contributed by atoms with Crippen molar-refractivity contribution in [3.63, 3.8) is 0 Å². The van der Waals surface area contributed by atoms with E-state index in [2.05, 4.69) is 11.6 Å². The molecular formula is C9H13N3. The van der Waals surface area contributed by atoms with Gasteiger partial charge in [0.2, 0.25) is 0 Å². The number of nitrogens with two attached hydrogens (primary N) is 2. The van der Waals surface area contributed by atoms with Gasteiger partial charge in [-0.1, -0.05) is 12.7 Å². The molecule has 12 heavy (non-hydrogen) atoms. The molecule has 0 amide bonds. The molecule has 0 aromatic carbocycles. The molecule has 1 aromatic heterocycles. The summed E-state index contributed by atoms with van der Waals surface area (Å²) in [4.78, 5) is 3.97. The van der Waals surface area contributed by atoms with Gasteiger partial charge in [0, 0.05) is 25.0 Å². The number of rotatable bonds is 3. The summed E-state index contributed by atoms with van der Waals surface area (Å²) in [5, 5.41) is 0. The van der Waals surface area contributed by atoms with Crippen LogP contribution in [0.25, 0.3) is 6.08 Å². The molecule has 0 bridgehead atoms. The van der Waals surface area contributed by atoms with Crippen molar-refractivity contribution in [2.45, 2.75) is 6.04 Å². The Morgan fingerprint density at radius 3 is 3.00 bits per heavy atom. The maximum Gasteiger partial charge on any atom is 0.0426 e. The van der Waals surface area contributed by atoms with Gasteiger partial charge in [0.05, 0.1) is 0 Å². The highest BCUT2D eigenvalue weighted by Gasteiger charge is 2.06. The van der Waals surface area contributed by atoms with E-state index in [4.69, 9.17) is 11.5 Å². The predicted octanol–water partition coefficient (Wildman–Crippen LogP) is 0.683. The Hall–Kier alpha value is -1.19. The summed E-state index contributed by atoms with van der Waals surface area (Å²) in [6.45, 7) is 4.11. The van der Waals surface area contributed by atoms with Crippen molar-refractivity contribution in [1.82, 2.24) is 4.98 Å². The number of nitrogens with zero attached hydrogens (tertiary/aromatic N) is 1. The van der Waals surface area contributed by atoms with Crippen LogP contribution in [-0.4, -0.2) is 11.5 Å². The van der Waals surface area contributed by atoms with Crippen molar-refractivity contribution in [2.75, 3.05) is 6.54 Å². The molecule has 3 heteroatoms. The van der Waals surface area contributed by atoms with Crippen molar-refractivity contribution in [2.24, 2.45) is 11.5 Å². The Kier molecular flexibility index (Phi) is 2.96. The molecular weight excluding hydrogens is 150 g/mol. The highest BCUT2D eigenvalue weighted by molar-refractivity contribution is 5.51. The van der Waals surface area contributed by atoms with Gasteiger partial charge in [-0.25, -0.2) is 0 Å². The zero-order valence-corrected chi connectivity index (χ0v) is 6.90. The first-order valence-corrected chi connectivity index (χ1v) is 3.81. The van der Waals surface area contributed by atoms with E-state index < -0.39 is 0 Å². The summed E-state index contributed by atoms with van der Waals surface area (Å²) in [5.41, 5.74) is 13.2. The van der Waals surface area contributed by atoms with Crippen LogP contribution in [0.15, 0.2) is 25.0 Å². The summed E-state index contributed by atoms with van der Waals surface area (Å²) >= 11 is 0. The molecule has 3 nitrogen and oxygen atoms in total. The average Bonchev–Trinajstić information content (AvgIpc) is 2.16. The van der Waals surface area contributed by atoms with E-state index in [1.165, 1.54) is 0 Å². The number of hydrogen-bond donors (Lipinski definition) is 2. The van der Waals surface area contributed by atoms with Crippen molar-refractivity contribution in [3.8, 4) is 0 Å². The maximum atomic E-state index is 5.77. The highest BCUT2D eigenvalue weighted by Crippen LogP contribution is 2.14. The van der Waals surface area contributed by atoms with E-state index in [0.717, 1.165) is 11.1 Å². The van der Waals surface area contributed by atoms with E-state index in [1.807, 2.05) is 6.07 Å². The van der Waals surface area contributed by atoms with Crippen LogP contribution in [0.2, 0.25) is 0 Å². The van der Waals surface area contributed by atoms with Crippen LogP contribution in [0.1, 0.15) is 17.2 Å². The first kappa shape index (κ1) is 8.90. The second-order valence-electron chi connectivity index (χ2n) is 2.55. The first-order valence-electron chi connectivity index (χ1n) is 3.81. The molecule has 1 heterocycles. The average molecular weight is 163 g/mol. The molecule has 0 spiro atoms. The Balaban J connectivity index is 3.04. The molecule has 1 aromatic rings. The minimum atomic E-state index is -0.124. The third kappa shape index (κ3) is 1.69. The van der Waals surface area contributed by atoms with Crippen LogP contribution < -0.4 is 11.5 Å². The van der Waals surface area contributed by atoms with Crippen LogP contribution in [0, 0.1) is 0 Å². The molecule has 64 valence electrons. The summed E-state index contributed by atoms with van der Waals surface area (Å²) in [6, 6.07) is 1.75. The minimum Gasteiger partial charge on any atom is -0.329 e. The van der Waals surface area contributed by atoms with Gasteiger partial charge in [-0.2, -0.15) is 0 Å². The summed E-state index contributed by atoms with van der Waals surface area (Å²) in [7, 11) is 0. The van der Waals surface area contributed by atoms with Crippen molar-refractivity contribution in [1.29, 1.82) is 0 Å². The third-order valence-electron chi connectivity index (χ3n) is 1.76. The van der Waals surface area contributed by atoms with Gasteiger partial charge in [0.1, 0.15) is 0 Å². The first-order chi connectivity index (χ1) is 5.79. The highest BCUT2D eigenvalue weighted by atomic mass is 14.7. The fourth-order valence-corrected chi connectivity index (χ4v) is 1.05. The second kappa shape index (κ2) is 3.99. The Morgan fingerprint density at radius 2 is 2.42 bits per heavy atom. The van der Waals surface area contributed by atoms with Gasteiger partial charge in [-0.05, 0) is 17.2 Å². The Bertz CT molecular complexity index is 270. The Labute approximate surface area is 72.1 Å². The lowest BCUT2D eigenvalue weighted by Crippen LogP contribution is -2.21.